The summed E-state index contributed by atoms with van der Waals surface area (Å²) in [5, 5.41) is 7.97. The average Bonchev–Trinajstić information content (AvgIpc) is 2.71. The highest BCUT2D eigenvalue weighted by atomic mass is 16.2. The molecule has 7 heteroatoms. The molecule has 0 radical (unpaired) electrons. The van der Waals surface area contributed by atoms with Crippen LogP contribution in [0, 0.1) is 0 Å². The summed E-state index contributed by atoms with van der Waals surface area (Å²) in [4.78, 5) is 40.4. The van der Waals surface area contributed by atoms with Crippen molar-refractivity contribution in [1.82, 2.24) is 15.6 Å². The van der Waals surface area contributed by atoms with Crippen molar-refractivity contribution in [3.8, 4) is 0 Å². The van der Waals surface area contributed by atoms with Crippen LogP contribution in [0.4, 0.5) is 5.69 Å². The van der Waals surface area contributed by atoms with E-state index >= 15 is 0 Å². The summed E-state index contributed by atoms with van der Waals surface area (Å²) in [5.74, 6) is -1.12. The van der Waals surface area contributed by atoms with Gasteiger partial charge in [-0.3, -0.25) is 19.4 Å². The SMILES string of the molecule is O=C(C[C@H]1NC(=O)c2ccccc2NC1=O)NCc1cccnc1. The number of pyridine rings is 1. The highest BCUT2D eigenvalue weighted by Gasteiger charge is 2.29. The Morgan fingerprint density at radius 2 is 2.00 bits per heavy atom. The molecule has 24 heavy (non-hydrogen) atoms. The zero-order valence-electron chi connectivity index (χ0n) is 12.8. The third-order valence-corrected chi connectivity index (χ3v) is 3.65. The molecular formula is C17H16N4O3. The molecule has 3 N–H and O–H groups in total. The Kier molecular flexibility index (Phi) is 4.51. The van der Waals surface area contributed by atoms with E-state index in [0.29, 0.717) is 17.8 Å². The maximum atomic E-state index is 12.2. The summed E-state index contributed by atoms with van der Waals surface area (Å²) in [7, 11) is 0. The number of aromatic nitrogens is 1. The number of para-hydroxylation sites is 1. The summed E-state index contributed by atoms with van der Waals surface area (Å²) in [6.07, 6.45) is 3.16. The summed E-state index contributed by atoms with van der Waals surface area (Å²) in [6.45, 7) is 0.315. The number of carbonyl (C=O) groups is 3. The van der Waals surface area contributed by atoms with Gasteiger partial charge in [0.05, 0.1) is 17.7 Å². The van der Waals surface area contributed by atoms with Crippen molar-refractivity contribution in [2.24, 2.45) is 0 Å². The Bertz CT molecular complexity index is 776. The van der Waals surface area contributed by atoms with Crippen LogP contribution in [0.3, 0.4) is 0 Å². The fraction of sp³-hybridized carbons (Fsp3) is 0.176. The molecule has 1 aliphatic heterocycles. The van der Waals surface area contributed by atoms with Gasteiger partial charge in [0.2, 0.25) is 11.8 Å². The Balaban J connectivity index is 1.62. The molecule has 3 rings (SSSR count). The lowest BCUT2D eigenvalue weighted by Crippen LogP contribution is -2.44. The van der Waals surface area contributed by atoms with Crippen molar-refractivity contribution in [2.75, 3.05) is 5.32 Å². The van der Waals surface area contributed by atoms with E-state index in [4.69, 9.17) is 0 Å². The first kappa shape index (κ1) is 15.7. The van der Waals surface area contributed by atoms with E-state index in [1.165, 1.54) is 0 Å². The van der Waals surface area contributed by atoms with Crippen LogP contribution in [0.1, 0.15) is 22.3 Å². The number of nitrogens with zero attached hydrogens (tertiary/aromatic N) is 1. The number of hydrogen-bond donors (Lipinski definition) is 3. The lowest BCUT2D eigenvalue weighted by atomic mass is 10.1. The fourth-order valence-corrected chi connectivity index (χ4v) is 2.42. The molecule has 0 saturated heterocycles. The number of fused-ring (bicyclic) bond motifs is 1. The molecule has 1 aliphatic rings. The average molecular weight is 324 g/mol. The molecule has 1 aromatic heterocycles. The van der Waals surface area contributed by atoms with Crippen LogP contribution >= 0.6 is 0 Å². The van der Waals surface area contributed by atoms with E-state index in [2.05, 4.69) is 20.9 Å². The van der Waals surface area contributed by atoms with Gasteiger partial charge in [0.25, 0.3) is 5.91 Å². The summed E-state index contributed by atoms with van der Waals surface area (Å²) >= 11 is 0. The van der Waals surface area contributed by atoms with Gasteiger partial charge in [-0.25, -0.2) is 0 Å². The van der Waals surface area contributed by atoms with Crippen molar-refractivity contribution in [3.05, 3.63) is 59.9 Å². The number of carbonyl (C=O) groups excluding carboxylic acids is 3. The van der Waals surface area contributed by atoms with Crippen molar-refractivity contribution >= 4 is 23.4 Å². The van der Waals surface area contributed by atoms with Crippen molar-refractivity contribution in [3.63, 3.8) is 0 Å². The second-order valence-corrected chi connectivity index (χ2v) is 5.40. The van der Waals surface area contributed by atoms with E-state index in [-0.39, 0.29) is 18.2 Å². The van der Waals surface area contributed by atoms with Gasteiger partial charge in [-0.05, 0) is 23.8 Å². The zero-order valence-corrected chi connectivity index (χ0v) is 12.8. The second-order valence-electron chi connectivity index (χ2n) is 5.40. The lowest BCUT2D eigenvalue weighted by Gasteiger charge is -2.14. The largest absolute Gasteiger partial charge is 0.352 e. The summed E-state index contributed by atoms with van der Waals surface area (Å²) < 4.78 is 0. The van der Waals surface area contributed by atoms with Gasteiger partial charge in [-0.2, -0.15) is 0 Å². The first-order valence-corrected chi connectivity index (χ1v) is 7.50. The number of benzene rings is 1. The van der Waals surface area contributed by atoms with Crippen LogP contribution in [0.2, 0.25) is 0 Å². The van der Waals surface area contributed by atoms with Crippen molar-refractivity contribution in [2.45, 2.75) is 19.0 Å². The quantitative estimate of drug-likeness (QED) is 0.776. The van der Waals surface area contributed by atoms with Crippen molar-refractivity contribution < 1.29 is 14.4 Å². The molecule has 1 atom stereocenters. The molecule has 0 saturated carbocycles. The standard InChI is InChI=1S/C17H16N4O3/c22-15(19-10-11-4-3-7-18-9-11)8-14-17(24)20-13-6-2-1-5-12(13)16(23)21-14/h1-7,9,14H,8,10H2,(H,19,22)(H,20,24)(H,21,23)/t14-/m1/s1. The second kappa shape index (κ2) is 6.91. The minimum Gasteiger partial charge on any atom is -0.352 e. The molecule has 2 aromatic rings. The third kappa shape index (κ3) is 3.57. The first-order valence-electron chi connectivity index (χ1n) is 7.50. The molecule has 1 aromatic carbocycles. The van der Waals surface area contributed by atoms with Gasteiger partial charge in [0.15, 0.2) is 0 Å². The molecule has 0 fully saturated rings. The lowest BCUT2D eigenvalue weighted by molar-refractivity contribution is -0.125. The maximum Gasteiger partial charge on any atom is 0.254 e. The molecule has 0 aliphatic carbocycles. The Morgan fingerprint density at radius 1 is 1.17 bits per heavy atom. The predicted octanol–water partition coefficient (Wildman–Crippen LogP) is 0.839. The molecule has 122 valence electrons. The number of anilines is 1. The molecule has 2 heterocycles. The number of nitrogens with one attached hydrogen (secondary N) is 3. The smallest absolute Gasteiger partial charge is 0.254 e. The zero-order chi connectivity index (χ0) is 16.9. The number of hydrogen-bond acceptors (Lipinski definition) is 4. The first-order chi connectivity index (χ1) is 11.6. The Labute approximate surface area is 138 Å². The Morgan fingerprint density at radius 3 is 2.79 bits per heavy atom. The number of amides is 3. The monoisotopic (exact) mass is 324 g/mol. The van der Waals surface area contributed by atoms with Crippen LogP contribution in [-0.4, -0.2) is 28.7 Å². The van der Waals surface area contributed by atoms with E-state index in [9.17, 15) is 14.4 Å². The van der Waals surface area contributed by atoms with Crippen LogP contribution in [0.15, 0.2) is 48.8 Å². The van der Waals surface area contributed by atoms with Gasteiger partial charge in [-0.15, -0.1) is 0 Å². The van der Waals surface area contributed by atoms with Crippen molar-refractivity contribution in [1.29, 1.82) is 0 Å². The van der Waals surface area contributed by atoms with Crippen LogP contribution < -0.4 is 16.0 Å². The van der Waals surface area contributed by atoms with Crippen LogP contribution in [-0.2, 0) is 16.1 Å². The topological polar surface area (TPSA) is 100 Å². The predicted molar refractivity (Wildman–Crippen MR) is 87.0 cm³/mol. The van der Waals surface area contributed by atoms with Crippen LogP contribution in [0.25, 0.3) is 0 Å². The minimum atomic E-state index is -0.918. The third-order valence-electron chi connectivity index (χ3n) is 3.65. The molecule has 0 unspecified atom stereocenters. The minimum absolute atomic E-state index is 0.133. The molecule has 0 bridgehead atoms. The molecular weight excluding hydrogens is 308 g/mol. The van der Waals surface area contributed by atoms with E-state index in [1.807, 2.05) is 6.07 Å². The highest BCUT2D eigenvalue weighted by molar-refractivity contribution is 6.10. The van der Waals surface area contributed by atoms with E-state index in [0.717, 1.165) is 5.56 Å². The molecule has 7 nitrogen and oxygen atoms in total. The van der Waals surface area contributed by atoms with E-state index in [1.54, 1.807) is 42.7 Å². The normalized spacial score (nSPS) is 16.4. The Hall–Kier alpha value is -3.22. The van der Waals surface area contributed by atoms with Gasteiger partial charge < -0.3 is 16.0 Å². The van der Waals surface area contributed by atoms with Crippen LogP contribution in [0.5, 0.6) is 0 Å². The molecule has 0 spiro atoms. The molecule has 3 amide bonds. The maximum absolute atomic E-state index is 12.2. The summed E-state index contributed by atoms with van der Waals surface area (Å²) in [6, 6.07) is 9.41. The fourth-order valence-electron chi connectivity index (χ4n) is 2.42. The van der Waals surface area contributed by atoms with Gasteiger partial charge in [0, 0.05) is 18.9 Å². The van der Waals surface area contributed by atoms with Gasteiger partial charge >= 0.3 is 0 Å². The number of rotatable bonds is 4. The van der Waals surface area contributed by atoms with Gasteiger partial charge in [-0.1, -0.05) is 18.2 Å². The van der Waals surface area contributed by atoms with E-state index < -0.39 is 11.9 Å². The summed E-state index contributed by atoms with van der Waals surface area (Å²) in [5.41, 5.74) is 1.68. The highest BCUT2D eigenvalue weighted by Crippen LogP contribution is 2.18. The van der Waals surface area contributed by atoms with Gasteiger partial charge in [0.1, 0.15) is 6.04 Å².